The van der Waals surface area contributed by atoms with E-state index < -0.39 is 0 Å². The first-order valence-corrected chi connectivity index (χ1v) is 9.39. The molecule has 25 heavy (non-hydrogen) atoms. The zero-order valence-corrected chi connectivity index (χ0v) is 15.0. The van der Waals surface area contributed by atoms with Gasteiger partial charge in [0.2, 0.25) is 0 Å². The lowest BCUT2D eigenvalue weighted by Crippen LogP contribution is -2.50. The standard InChI is InChI=1S/C22H27NO2/c1-24-20-7-4-5-18(17-20)10-14-23-15-12-22(13-16-23)11-9-19-6-2-3-8-21(19)25-22/h2-8,17H,9-16H2,1H3. The topological polar surface area (TPSA) is 21.7 Å². The van der Waals surface area contributed by atoms with Crippen LogP contribution in [0.1, 0.15) is 30.4 Å². The number of para-hydroxylation sites is 1. The summed E-state index contributed by atoms with van der Waals surface area (Å²) in [6, 6.07) is 16.9. The third kappa shape index (κ3) is 3.67. The maximum absolute atomic E-state index is 6.46. The number of hydrogen-bond acceptors (Lipinski definition) is 3. The van der Waals surface area contributed by atoms with Crippen molar-refractivity contribution in [2.75, 3.05) is 26.7 Å². The Labute approximate surface area is 150 Å². The van der Waals surface area contributed by atoms with E-state index in [4.69, 9.17) is 9.47 Å². The minimum Gasteiger partial charge on any atom is -0.497 e. The number of methoxy groups -OCH3 is 1. The molecular formula is C22H27NO2. The average molecular weight is 337 g/mol. The lowest BCUT2D eigenvalue weighted by Gasteiger charge is -2.44. The fourth-order valence-corrected chi connectivity index (χ4v) is 4.11. The van der Waals surface area contributed by atoms with Gasteiger partial charge in [0.1, 0.15) is 17.1 Å². The largest absolute Gasteiger partial charge is 0.497 e. The van der Waals surface area contributed by atoms with Crippen LogP contribution in [0.4, 0.5) is 0 Å². The molecule has 1 spiro atoms. The predicted molar refractivity (Wildman–Crippen MR) is 100 cm³/mol. The Morgan fingerprint density at radius 2 is 1.88 bits per heavy atom. The molecule has 0 amide bonds. The van der Waals surface area contributed by atoms with Gasteiger partial charge in [-0.3, -0.25) is 0 Å². The van der Waals surface area contributed by atoms with E-state index in [2.05, 4.69) is 47.4 Å². The second-order valence-electron chi connectivity index (χ2n) is 7.34. The van der Waals surface area contributed by atoms with Gasteiger partial charge in [-0.1, -0.05) is 30.3 Å². The van der Waals surface area contributed by atoms with Gasteiger partial charge in [-0.05, 0) is 61.4 Å². The molecule has 0 radical (unpaired) electrons. The number of nitrogens with zero attached hydrogens (tertiary/aromatic N) is 1. The van der Waals surface area contributed by atoms with Crippen molar-refractivity contribution >= 4 is 0 Å². The minimum absolute atomic E-state index is 0.0703. The molecule has 0 saturated carbocycles. The number of ether oxygens (including phenoxy) is 2. The van der Waals surface area contributed by atoms with Gasteiger partial charge in [0, 0.05) is 19.6 Å². The number of likely N-dealkylation sites (tertiary alicyclic amines) is 1. The molecule has 1 fully saturated rings. The average Bonchev–Trinajstić information content (AvgIpc) is 2.68. The highest BCUT2D eigenvalue weighted by atomic mass is 16.5. The Balaban J connectivity index is 1.31. The Kier molecular flexibility index (Phi) is 4.67. The highest BCUT2D eigenvalue weighted by Gasteiger charge is 2.39. The zero-order valence-electron chi connectivity index (χ0n) is 15.0. The van der Waals surface area contributed by atoms with Crippen molar-refractivity contribution in [1.82, 2.24) is 4.90 Å². The summed E-state index contributed by atoms with van der Waals surface area (Å²) in [5, 5.41) is 0. The van der Waals surface area contributed by atoms with Gasteiger partial charge >= 0.3 is 0 Å². The molecule has 0 atom stereocenters. The number of benzene rings is 2. The van der Waals surface area contributed by atoms with Crippen molar-refractivity contribution in [2.24, 2.45) is 0 Å². The van der Waals surface area contributed by atoms with Crippen molar-refractivity contribution in [1.29, 1.82) is 0 Å². The van der Waals surface area contributed by atoms with Gasteiger partial charge in [0.25, 0.3) is 0 Å². The normalized spacial score (nSPS) is 19.2. The lowest BCUT2D eigenvalue weighted by molar-refractivity contribution is -0.0141. The fraction of sp³-hybridized carbons (Fsp3) is 0.455. The third-order valence-corrected chi connectivity index (χ3v) is 5.77. The molecule has 0 bridgehead atoms. The Bertz CT molecular complexity index is 719. The minimum atomic E-state index is 0.0703. The Hall–Kier alpha value is -2.00. The fourth-order valence-electron chi connectivity index (χ4n) is 4.11. The van der Waals surface area contributed by atoms with Crippen molar-refractivity contribution in [3.05, 3.63) is 59.7 Å². The number of hydrogen-bond donors (Lipinski definition) is 0. The van der Waals surface area contributed by atoms with E-state index in [1.807, 2.05) is 6.07 Å². The van der Waals surface area contributed by atoms with Gasteiger partial charge in [-0.15, -0.1) is 0 Å². The van der Waals surface area contributed by atoms with Gasteiger partial charge in [0.15, 0.2) is 0 Å². The van der Waals surface area contributed by atoms with Crippen LogP contribution in [0, 0.1) is 0 Å². The smallest absolute Gasteiger partial charge is 0.123 e. The summed E-state index contributed by atoms with van der Waals surface area (Å²) in [6.07, 6.45) is 5.67. The van der Waals surface area contributed by atoms with E-state index in [1.54, 1.807) is 7.11 Å². The molecule has 0 unspecified atom stereocenters. The molecule has 2 aromatic carbocycles. The summed E-state index contributed by atoms with van der Waals surface area (Å²) in [4.78, 5) is 2.58. The SMILES string of the molecule is COc1cccc(CCN2CCC3(CCc4ccccc4O3)CC2)c1. The van der Waals surface area contributed by atoms with Crippen LogP contribution in [0.15, 0.2) is 48.5 Å². The second kappa shape index (κ2) is 7.09. The molecule has 0 N–H and O–H groups in total. The number of rotatable bonds is 4. The van der Waals surface area contributed by atoms with Gasteiger partial charge in [0.05, 0.1) is 7.11 Å². The van der Waals surface area contributed by atoms with E-state index in [0.717, 1.165) is 63.2 Å². The van der Waals surface area contributed by atoms with Gasteiger partial charge in [-0.25, -0.2) is 0 Å². The lowest BCUT2D eigenvalue weighted by atomic mass is 9.83. The van der Waals surface area contributed by atoms with Crippen molar-refractivity contribution < 1.29 is 9.47 Å². The van der Waals surface area contributed by atoms with E-state index in [9.17, 15) is 0 Å². The summed E-state index contributed by atoms with van der Waals surface area (Å²) < 4.78 is 11.8. The first-order valence-electron chi connectivity index (χ1n) is 9.39. The van der Waals surface area contributed by atoms with Gasteiger partial charge in [-0.2, -0.15) is 0 Å². The van der Waals surface area contributed by atoms with Crippen molar-refractivity contribution in [2.45, 2.75) is 37.7 Å². The summed E-state index contributed by atoms with van der Waals surface area (Å²) in [5.41, 5.74) is 2.79. The quantitative estimate of drug-likeness (QED) is 0.838. The monoisotopic (exact) mass is 337 g/mol. The third-order valence-electron chi connectivity index (χ3n) is 5.77. The predicted octanol–water partition coefficient (Wildman–Crippen LogP) is 4.10. The van der Waals surface area contributed by atoms with Crippen LogP contribution < -0.4 is 9.47 Å². The summed E-state index contributed by atoms with van der Waals surface area (Å²) >= 11 is 0. The molecule has 3 nitrogen and oxygen atoms in total. The first kappa shape index (κ1) is 16.5. The Morgan fingerprint density at radius 3 is 2.72 bits per heavy atom. The van der Waals surface area contributed by atoms with E-state index in [-0.39, 0.29) is 5.60 Å². The van der Waals surface area contributed by atoms with Crippen molar-refractivity contribution in [3.63, 3.8) is 0 Å². The number of fused-ring (bicyclic) bond motifs is 1. The zero-order chi connectivity index (χ0) is 17.1. The molecule has 4 rings (SSSR count). The highest BCUT2D eigenvalue weighted by molar-refractivity contribution is 5.36. The molecule has 3 heteroatoms. The molecular weight excluding hydrogens is 310 g/mol. The van der Waals surface area contributed by atoms with Crippen LogP contribution in [0.5, 0.6) is 11.5 Å². The van der Waals surface area contributed by atoms with Crippen LogP contribution in [-0.4, -0.2) is 37.2 Å². The van der Waals surface area contributed by atoms with E-state index in [0.29, 0.717) is 0 Å². The van der Waals surface area contributed by atoms with E-state index >= 15 is 0 Å². The molecule has 132 valence electrons. The highest BCUT2D eigenvalue weighted by Crippen LogP contribution is 2.39. The maximum atomic E-state index is 6.46. The van der Waals surface area contributed by atoms with E-state index in [1.165, 1.54) is 11.1 Å². The molecule has 2 aliphatic rings. The van der Waals surface area contributed by atoms with Crippen LogP contribution in [-0.2, 0) is 12.8 Å². The molecule has 2 aromatic rings. The summed E-state index contributed by atoms with van der Waals surface area (Å²) in [5.74, 6) is 2.06. The molecule has 2 aliphatic heterocycles. The molecule has 0 aromatic heterocycles. The number of aryl methyl sites for hydroxylation is 1. The van der Waals surface area contributed by atoms with Crippen LogP contribution in [0.2, 0.25) is 0 Å². The summed E-state index contributed by atoms with van der Waals surface area (Å²) in [7, 11) is 1.73. The second-order valence-corrected chi connectivity index (χ2v) is 7.34. The Morgan fingerprint density at radius 1 is 1.04 bits per heavy atom. The molecule has 0 aliphatic carbocycles. The van der Waals surface area contributed by atoms with Crippen LogP contribution in [0.3, 0.4) is 0 Å². The van der Waals surface area contributed by atoms with Crippen LogP contribution in [0.25, 0.3) is 0 Å². The van der Waals surface area contributed by atoms with Gasteiger partial charge < -0.3 is 14.4 Å². The molecule has 1 saturated heterocycles. The molecule has 2 heterocycles. The number of piperidine rings is 1. The van der Waals surface area contributed by atoms with Crippen molar-refractivity contribution in [3.8, 4) is 11.5 Å². The summed E-state index contributed by atoms with van der Waals surface area (Å²) in [6.45, 7) is 3.37. The first-order chi connectivity index (χ1) is 12.3. The maximum Gasteiger partial charge on any atom is 0.123 e. The van der Waals surface area contributed by atoms with Crippen LogP contribution >= 0.6 is 0 Å².